The number of carbonyl (C=O) groups excluding carboxylic acids is 1. The number of esters is 1. The van der Waals surface area contributed by atoms with Gasteiger partial charge in [-0.05, 0) is 24.5 Å². The third-order valence-corrected chi connectivity index (χ3v) is 3.05. The third kappa shape index (κ3) is 3.77. The maximum absolute atomic E-state index is 12.0. The van der Waals surface area contributed by atoms with E-state index in [4.69, 9.17) is 9.47 Å². The van der Waals surface area contributed by atoms with Crippen LogP contribution in [0.3, 0.4) is 0 Å². The first-order valence-corrected chi connectivity index (χ1v) is 6.54. The van der Waals surface area contributed by atoms with Gasteiger partial charge in [0.25, 0.3) is 5.69 Å². The highest BCUT2D eigenvalue weighted by molar-refractivity contribution is 5.89. The van der Waals surface area contributed by atoms with Crippen LogP contribution < -0.4 is 0 Å². The van der Waals surface area contributed by atoms with Gasteiger partial charge in [0.1, 0.15) is 12.2 Å². The van der Waals surface area contributed by atoms with Gasteiger partial charge in [0.2, 0.25) is 0 Å². The highest BCUT2D eigenvalue weighted by Crippen LogP contribution is 2.24. The second-order valence-electron chi connectivity index (χ2n) is 5.25. The average molecular weight is 279 g/mol. The Morgan fingerprint density at radius 2 is 2.05 bits per heavy atom. The minimum atomic E-state index is -0.505. The molecule has 2 rings (SSSR count). The Kier molecular flexibility index (Phi) is 4.34. The van der Waals surface area contributed by atoms with Gasteiger partial charge in [-0.15, -0.1) is 0 Å². The number of epoxide rings is 1. The Bertz CT molecular complexity index is 493. The van der Waals surface area contributed by atoms with Crippen molar-refractivity contribution in [2.75, 3.05) is 6.61 Å². The van der Waals surface area contributed by atoms with E-state index in [1.807, 2.05) is 0 Å². The van der Waals surface area contributed by atoms with Crippen molar-refractivity contribution in [2.24, 2.45) is 5.92 Å². The van der Waals surface area contributed by atoms with Gasteiger partial charge < -0.3 is 9.47 Å². The van der Waals surface area contributed by atoms with Crippen LogP contribution in [0.5, 0.6) is 0 Å². The molecule has 1 aromatic rings. The van der Waals surface area contributed by atoms with Crippen molar-refractivity contribution >= 4 is 11.7 Å². The summed E-state index contributed by atoms with van der Waals surface area (Å²) in [6.45, 7) is 4.72. The quantitative estimate of drug-likeness (QED) is 0.346. The molecule has 0 aliphatic carbocycles. The number of hydrogen-bond acceptors (Lipinski definition) is 5. The van der Waals surface area contributed by atoms with E-state index in [1.165, 1.54) is 24.3 Å². The van der Waals surface area contributed by atoms with Crippen molar-refractivity contribution in [3.05, 3.63) is 39.9 Å². The van der Waals surface area contributed by atoms with Crippen LogP contribution in [0.2, 0.25) is 0 Å². The Morgan fingerprint density at radius 3 is 2.50 bits per heavy atom. The lowest BCUT2D eigenvalue weighted by molar-refractivity contribution is -0.384. The SMILES string of the molecule is CC(C)C[C@@H](OC(=O)c1ccc([N+](=O)[O-])cc1)[C@H]1CO1. The lowest BCUT2D eigenvalue weighted by Crippen LogP contribution is -2.25. The van der Waals surface area contributed by atoms with E-state index in [1.54, 1.807) is 0 Å². The van der Waals surface area contributed by atoms with Crippen LogP contribution in [0.1, 0.15) is 30.6 Å². The normalized spacial score (nSPS) is 18.6. The molecule has 0 spiro atoms. The molecule has 108 valence electrons. The average Bonchev–Trinajstić information content (AvgIpc) is 3.21. The van der Waals surface area contributed by atoms with Gasteiger partial charge in [-0.25, -0.2) is 4.79 Å². The summed E-state index contributed by atoms with van der Waals surface area (Å²) in [7, 11) is 0. The largest absolute Gasteiger partial charge is 0.456 e. The molecule has 20 heavy (non-hydrogen) atoms. The van der Waals surface area contributed by atoms with Crippen molar-refractivity contribution in [1.29, 1.82) is 0 Å². The van der Waals surface area contributed by atoms with E-state index in [9.17, 15) is 14.9 Å². The van der Waals surface area contributed by atoms with E-state index in [2.05, 4.69) is 13.8 Å². The molecule has 1 fully saturated rings. The molecule has 1 aliphatic rings. The Labute approximate surface area is 116 Å². The van der Waals surface area contributed by atoms with Crippen LogP contribution >= 0.6 is 0 Å². The Hall–Kier alpha value is -1.95. The fourth-order valence-electron chi connectivity index (χ4n) is 1.94. The fraction of sp³-hybridized carbons (Fsp3) is 0.500. The summed E-state index contributed by atoms with van der Waals surface area (Å²) in [5.41, 5.74) is 0.260. The smallest absolute Gasteiger partial charge is 0.338 e. The lowest BCUT2D eigenvalue weighted by atomic mass is 10.0. The van der Waals surface area contributed by atoms with Gasteiger partial charge in [-0.1, -0.05) is 13.8 Å². The van der Waals surface area contributed by atoms with Crippen molar-refractivity contribution in [3.63, 3.8) is 0 Å². The summed E-state index contributed by atoms with van der Waals surface area (Å²) in [5, 5.41) is 10.6. The summed E-state index contributed by atoms with van der Waals surface area (Å²) < 4.78 is 10.6. The van der Waals surface area contributed by atoms with Crippen LogP contribution in [-0.2, 0) is 9.47 Å². The van der Waals surface area contributed by atoms with E-state index in [0.29, 0.717) is 18.1 Å². The highest BCUT2D eigenvalue weighted by atomic mass is 16.6. The molecule has 0 aromatic heterocycles. The minimum Gasteiger partial charge on any atom is -0.456 e. The summed E-state index contributed by atoms with van der Waals surface area (Å²) in [5.74, 6) is -0.0742. The molecule has 0 unspecified atom stereocenters. The van der Waals surface area contributed by atoms with Gasteiger partial charge in [0, 0.05) is 12.1 Å². The molecule has 1 saturated heterocycles. The number of nitro groups is 1. The molecular weight excluding hydrogens is 262 g/mol. The number of nitro benzene ring substituents is 1. The first-order chi connectivity index (χ1) is 9.47. The number of ether oxygens (including phenoxy) is 2. The van der Waals surface area contributed by atoms with E-state index in [0.717, 1.165) is 6.42 Å². The minimum absolute atomic E-state index is 0.0144. The molecule has 0 N–H and O–H groups in total. The van der Waals surface area contributed by atoms with Crippen molar-refractivity contribution in [2.45, 2.75) is 32.5 Å². The van der Waals surface area contributed by atoms with E-state index >= 15 is 0 Å². The van der Waals surface area contributed by atoms with Gasteiger partial charge in [0.15, 0.2) is 0 Å². The maximum atomic E-state index is 12.0. The van der Waals surface area contributed by atoms with Crippen LogP contribution in [0.4, 0.5) is 5.69 Å². The molecule has 6 heteroatoms. The monoisotopic (exact) mass is 279 g/mol. The molecule has 0 saturated carbocycles. The van der Waals surface area contributed by atoms with Gasteiger partial charge in [-0.2, -0.15) is 0 Å². The number of nitrogens with zero attached hydrogens (tertiary/aromatic N) is 1. The molecule has 0 radical (unpaired) electrons. The van der Waals surface area contributed by atoms with Crippen molar-refractivity contribution < 1.29 is 19.2 Å². The molecule has 1 aliphatic heterocycles. The van der Waals surface area contributed by atoms with Gasteiger partial charge in [0.05, 0.1) is 17.1 Å². The standard InChI is InChI=1S/C14H17NO5/c1-9(2)7-12(13-8-19-13)20-14(16)10-3-5-11(6-4-10)15(17)18/h3-6,9,12-13H,7-8H2,1-2H3/t12-,13-/m1/s1. The van der Waals surface area contributed by atoms with Crippen molar-refractivity contribution in [1.82, 2.24) is 0 Å². The summed E-state index contributed by atoms with van der Waals surface area (Å²) >= 11 is 0. The number of carbonyl (C=O) groups is 1. The molecule has 0 bridgehead atoms. The van der Waals surface area contributed by atoms with Crippen LogP contribution in [-0.4, -0.2) is 29.7 Å². The summed E-state index contributed by atoms with van der Waals surface area (Å²) in [6, 6.07) is 5.39. The maximum Gasteiger partial charge on any atom is 0.338 e. The molecule has 6 nitrogen and oxygen atoms in total. The number of non-ortho nitro benzene ring substituents is 1. The fourth-order valence-corrected chi connectivity index (χ4v) is 1.94. The molecular formula is C14H17NO5. The topological polar surface area (TPSA) is 82.0 Å². The zero-order chi connectivity index (χ0) is 14.7. The van der Waals surface area contributed by atoms with Crippen LogP contribution in [0, 0.1) is 16.0 Å². The van der Waals surface area contributed by atoms with Crippen molar-refractivity contribution in [3.8, 4) is 0 Å². The second-order valence-corrected chi connectivity index (χ2v) is 5.25. The lowest BCUT2D eigenvalue weighted by Gasteiger charge is -2.17. The summed E-state index contributed by atoms with van der Waals surface area (Å²) in [4.78, 5) is 22.0. The highest BCUT2D eigenvalue weighted by Gasteiger charge is 2.36. The zero-order valence-electron chi connectivity index (χ0n) is 11.4. The molecule has 2 atom stereocenters. The van der Waals surface area contributed by atoms with Crippen LogP contribution in [0.25, 0.3) is 0 Å². The third-order valence-electron chi connectivity index (χ3n) is 3.05. The number of benzene rings is 1. The van der Waals surface area contributed by atoms with E-state index < -0.39 is 10.9 Å². The first-order valence-electron chi connectivity index (χ1n) is 6.54. The second kappa shape index (κ2) is 6.00. The molecule has 1 aromatic carbocycles. The molecule has 1 heterocycles. The number of rotatable bonds is 6. The predicted molar refractivity (Wildman–Crippen MR) is 71.5 cm³/mol. The first kappa shape index (κ1) is 14.5. The van der Waals surface area contributed by atoms with Crippen LogP contribution in [0.15, 0.2) is 24.3 Å². The Balaban J connectivity index is 2.00. The predicted octanol–water partition coefficient (Wildman–Crippen LogP) is 2.57. The van der Waals surface area contributed by atoms with Gasteiger partial charge >= 0.3 is 5.97 Å². The summed E-state index contributed by atoms with van der Waals surface area (Å²) in [6.07, 6.45) is 0.473. The zero-order valence-corrected chi connectivity index (χ0v) is 11.4. The van der Waals surface area contributed by atoms with Gasteiger partial charge in [-0.3, -0.25) is 10.1 Å². The molecule has 0 amide bonds. The Morgan fingerprint density at radius 1 is 1.45 bits per heavy atom. The van der Waals surface area contributed by atoms with E-state index in [-0.39, 0.29) is 17.9 Å². The number of hydrogen-bond donors (Lipinski definition) is 0.